The summed E-state index contributed by atoms with van der Waals surface area (Å²) >= 11 is 0. The molecule has 0 aliphatic rings. The molecule has 0 radical (unpaired) electrons. The average Bonchev–Trinajstić information content (AvgIpc) is 2.37. The zero-order valence-electron chi connectivity index (χ0n) is 10.8. The number of hydrogen-bond acceptors (Lipinski definition) is 3. The molecule has 0 heterocycles. The Balaban J connectivity index is 2.63. The lowest BCUT2D eigenvalue weighted by Crippen LogP contribution is -2.20. The van der Waals surface area contributed by atoms with Crippen LogP contribution in [0.4, 0.5) is 0 Å². The Labute approximate surface area is 107 Å². The number of amides is 1. The number of rotatable bonds is 6. The van der Waals surface area contributed by atoms with Gasteiger partial charge in [-0.05, 0) is 24.1 Å². The second kappa shape index (κ2) is 7.50. The topological polar surface area (TPSA) is 58.6 Å². The molecule has 1 aromatic rings. The lowest BCUT2D eigenvalue weighted by molar-refractivity contribution is -0.118. The second-order valence-corrected chi connectivity index (χ2v) is 3.91. The minimum atomic E-state index is -0.0248. The van der Waals surface area contributed by atoms with Gasteiger partial charge in [-0.15, -0.1) is 0 Å². The molecule has 0 aliphatic heterocycles. The van der Waals surface area contributed by atoms with Crippen molar-refractivity contribution in [2.45, 2.75) is 20.0 Å². The normalized spacial score (nSPS) is 10.6. The molecule has 4 heteroatoms. The van der Waals surface area contributed by atoms with E-state index < -0.39 is 0 Å². The Morgan fingerprint density at radius 2 is 2.28 bits per heavy atom. The van der Waals surface area contributed by atoms with Gasteiger partial charge < -0.3 is 15.2 Å². The van der Waals surface area contributed by atoms with Crippen molar-refractivity contribution >= 4 is 12.0 Å². The van der Waals surface area contributed by atoms with Crippen LogP contribution >= 0.6 is 0 Å². The average molecular weight is 249 g/mol. The molecule has 0 aromatic heterocycles. The molecule has 0 fully saturated rings. The fourth-order valence-electron chi connectivity index (χ4n) is 1.55. The van der Waals surface area contributed by atoms with Gasteiger partial charge in [-0.1, -0.05) is 18.2 Å². The maximum atomic E-state index is 10.7. The van der Waals surface area contributed by atoms with Crippen molar-refractivity contribution in [1.29, 1.82) is 0 Å². The summed E-state index contributed by atoms with van der Waals surface area (Å²) in [6.45, 7) is 2.13. The smallest absolute Gasteiger partial charge is 0.216 e. The minimum Gasteiger partial charge on any atom is -0.496 e. The summed E-state index contributed by atoms with van der Waals surface area (Å²) in [5, 5.41) is 11.8. The van der Waals surface area contributed by atoms with Gasteiger partial charge in [0, 0.05) is 19.0 Å². The van der Waals surface area contributed by atoms with Crippen LogP contribution in [-0.2, 0) is 11.4 Å². The quantitative estimate of drug-likeness (QED) is 0.755. The van der Waals surface area contributed by atoms with E-state index in [2.05, 4.69) is 5.32 Å². The predicted octanol–water partition coefficient (Wildman–Crippen LogP) is 1.73. The highest BCUT2D eigenvalue weighted by atomic mass is 16.5. The highest BCUT2D eigenvalue weighted by Crippen LogP contribution is 2.21. The molecule has 98 valence electrons. The minimum absolute atomic E-state index is 0.0106. The van der Waals surface area contributed by atoms with Gasteiger partial charge >= 0.3 is 0 Å². The highest BCUT2D eigenvalue weighted by Gasteiger charge is 2.00. The van der Waals surface area contributed by atoms with Crippen LogP contribution in [0.2, 0.25) is 0 Å². The van der Waals surface area contributed by atoms with Crippen LogP contribution in [0, 0.1) is 0 Å². The van der Waals surface area contributed by atoms with E-state index >= 15 is 0 Å². The number of carbonyl (C=O) groups is 1. The third-order valence-electron chi connectivity index (χ3n) is 2.46. The molecule has 1 aromatic carbocycles. The molecule has 0 spiro atoms. The van der Waals surface area contributed by atoms with Crippen molar-refractivity contribution in [3.63, 3.8) is 0 Å². The number of aliphatic hydroxyl groups is 1. The molecule has 4 nitrogen and oxygen atoms in total. The van der Waals surface area contributed by atoms with Crippen LogP contribution in [0.15, 0.2) is 24.3 Å². The Morgan fingerprint density at radius 1 is 1.50 bits per heavy atom. The van der Waals surface area contributed by atoms with Gasteiger partial charge in [-0.25, -0.2) is 0 Å². The lowest BCUT2D eigenvalue weighted by Gasteiger charge is -2.06. The third-order valence-corrected chi connectivity index (χ3v) is 2.46. The van der Waals surface area contributed by atoms with Crippen LogP contribution in [0.5, 0.6) is 5.75 Å². The molecule has 0 saturated carbocycles. The largest absolute Gasteiger partial charge is 0.496 e. The first-order valence-electron chi connectivity index (χ1n) is 5.86. The Kier molecular flexibility index (Phi) is 5.94. The van der Waals surface area contributed by atoms with Crippen molar-refractivity contribution in [1.82, 2.24) is 5.32 Å². The SMILES string of the molecule is COc1ccc(CO)cc1C=CCCNC(C)=O. The van der Waals surface area contributed by atoms with Crippen molar-refractivity contribution < 1.29 is 14.6 Å². The van der Waals surface area contributed by atoms with Gasteiger partial charge in [0.2, 0.25) is 5.91 Å². The molecule has 0 unspecified atom stereocenters. The second-order valence-electron chi connectivity index (χ2n) is 3.91. The van der Waals surface area contributed by atoms with Gasteiger partial charge in [0.05, 0.1) is 13.7 Å². The van der Waals surface area contributed by atoms with Crippen molar-refractivity contribution in [2.24, 2.45) is 0 Å². The molecule has 1 rings (SSSR count). The molecule has 0 bridgehead atoms. The van der Waals surface area contributed by atoms with Crippen LogP contribution in [-0.4, -0.2) is 24.7 Å². The van der Waals surface area contributed by atoms with E-state index in [0.717, 1.165) is 23.3 Å². The van der Waals surface area contributed by atoms with E-state index in [9.17, 15) is 4.79 Å². The number of benzene rings is 1. The van der Waals surface area contributed by atoms with E-state index in [0.29, 0.717) is 6.54 Å². The molecular weight excluding hydrogens is 230 g/mol. The summed E-state index contributed by atoms with van der Waals surface area (Å²) in [5.74, 6) is 0.742. The number of nitrogens with one attached hydrogen (secondary N) is 1. The Hall–Kier alpha value is -1.81. The van der Waals surface area contributed by atoms with Crippen LogP contribution in [0.1, 0.15) is 24.5 Å². The molecule has 1 amide bonds. The van der Waals surface area contributed by atoms with E-state index in [1.807, 2.05) is 30.4 Å². The maximum absolute atomic E-state index is 10.7. The monoisotopic (exact) mass is 249 g/mol. The maximum Gasteiger partial charge on any atom is 0.216 e. The van der Waals surface area contributed by atoms with Crippen molar-refractivity contribution in [3.8, 4) is 5.75 Å². The first kappa shape index (κ1) is 14.3. The summed E-state index contributed by atoms with van der Waals surface area (Å²) in [6, 6.07) is 5.54. The van der Waals surface area contributed by atoms with Gasteiger partial charge in [-0.3, -0.25) is 4.79 Å². The Morgan fingerprint density at radius 3 is 2.89 bits per heavy atom. The van der Waals surface area contributed by atoms with E-state index in [1.54, 1.807) is 7.11 Å². The first-order valence-corrected chi connectivity index (χ1v) is 5.86. The molecule has 0 saturated heterocycles. The Bertz CT molecular complexity index is 427. The van der Waals surface area contributed by atoms with E-state index in [-0.39, 0.29) is 12.5 Å². The summed E-state index contributed by atoms with van der Waals surface area (Å²) in [4.78, 5) is 10.7. The van der Waals surface area contributed by atoms with Gasteiger partial charge in [-0.2, -0.15) is 0 Å². The number of ether oxygens (including phenoxy) is 1. The van der Waals surface area contributed by atoms with Crippen LogP contribution in [0.25, 0.3) is 6.08 Å². The molecule has 0 aliphatic carbocycles. The predicted molar refractivity (Wildman–Crippen MR) is 71.3 cm³/mol. The van der Waals surface area contributed by atoms with Gasteiger partial charge in [0.1, 0.15) is 5.75 Å². The number of carbonyl (C=O) groups excluding carboxylic acids is 1. The lowest BCUT2D eigenvalue weighted by atomic mass is 10.1. The molecule has 2 N–H and O–H groups in total. The van der Waals surface area contributed by atoms with Crippen molar-refractivity contribution in [3.05, 3.63) is 35.4 Å². The summed E-state index contributed by atoms with van der Waals surface area (Å²) in [6.07, 6.45) is 4.65. The van der Waals surface area contributed by atoms with E-state index in [1.165, 1.54) is 6.92 Å². The zero-order chi connectivity index (χ0) is 13.4. The molecular formula is C14H19NO3. The third kappa shape index (κ3) is 4.59. The van der Waals surface area contributed by atoms with Crippen molar-refractivity contribution in [2.75, 3.05) is 13.7 Å². The van der Waals surface area contributed by atoms with Gasteiger partial charge in [0.25, 0.3) is 0 Å². The fourth-order valence-corrected chi connectivity index (χ4v) is 1.55. The van der Waals surface area contributed by atoms with Crippen LogP contribution in [0.3, 0.4) is 0 Å². The van der Waals surface area contributed by atoms with Crippen LogP contribution < -0.4 is 10.1 Å². The summed E-state index contributed by atoms with van der Waals surface area (Å²) < 4.78 is 5.24. The summed E-state index contributed by atoms with van der Waals surface area (Å²) in [7, 11) is 1.61. The number of methoxy groups -OCH3 is 1. The zero-order valence-corrected chi connectivity index (χ0v) is 10.8. The van der Waals surface area contributed by atoms with E-state index in [4.69, 9.17) is 9.84 Å². The summed E-state index contributed by atoms with van der Waals surface area (Å²) in [5.41, 5.74) is 1.77. The fraction of sp³-hybridized carbons (Fsp3) is 0.357. The van der Waals surface area contributed by atoms with Gasteiger partial charge in [0.15, 0.2) is 0 Å². The molecule has 0 atom stereocenters. The number of hydrogen-bond donors (Lipinski definition) is 2. The molecule has 18 heavy (non-hydrogen) atoms. The highest BCUT2D eigenvalue weighted by molar-refractivity contribution is 5.72. The standard InChI is InChI=1S/C14H19NO3/c1-11(17)15-8-4-3-5-13-9-12(10-16)6-7-14(13)18-2/h3,5-7,9,16H,4,8,10H2,1-2H3,(H,15,17). The number of aliphatic hydroxyl groups excluding tert-OH is 1. The first-order chi connectivity index (χ1) is 8.67.